The maximum absolute atomic E-state index is 6.42. The third-order valence-corrected chi connectivity index (χ3v) is 4.52. The monoisotopic (exact) mass is 359 g/mol. The lowest BCUT2D eigenvalue weighted by molar-refractivity contribution is 0.337. The molecule has 1 atom stereocenters. The third-order valence-electron chi connectivity index (χ3n) is 3.66. The first-order chi connectivity index (χ1) is 9.28. The molecule has 1 heterocycles. The van der Waals surface area contributed by atoms with Crippen LogP contribution in [0.25, 0.3) is 5.57 Å². The van der Waals surface area contributed by atoms with E-state index < -0.39 is 0 Å². The number of nitrogens with zero attached hydrogens (tertiary/aromatic N) is 3. The maximum Gasteiger partial charge on any atom is 0.0782 e. The number of aromatic nitrogens is 2. The molecule has 3 nitrogen and oxygen atoms in total. The summed E-state index contributed by atoms with van der Waals surface area (Å²) in [5.41, 5.74) is 2.74. The van der Waals surface area contributed by atoms with Crippen LogP contribution in [0.5, 0.6) is 0 Å². The van der Waals surface area contributed by atoms with Crippen LogP contribution in [0.3, 0.4) is 0 Å². The first-order valence-corrected chi connectivity index (χ1v) is 8.22. The molecule has 1 aromatic rings. The van der Waals surface area contributed by atoms with Crippen molar-refractivity contribution in [1.82, 2.24) is 14.7 Å². The predicted octanol–water partition coefficient (Wildman–Crippen LogP) is 4.02. The van der Waals surface area contributed by atoms with E-state index in [1.807, 2.05) is 6.20 Å². The molecule has 112 valence electrons. The fourth-order valence-electron chi connectivity index (χ4n) is 2.76. The van der Waals surface area contributed by atoms with Crippen molar-refractivity contribution < 1.29 is 0 Å². The Morgan fingerprint density at radius 2 is 2.20 bits per heavy atom. The number of alkyl halides is 1. The number of allylic oxidation sites excluding steroid dienone is 2. The zero-order valence-electron chi connectivity index (χ0n) is 12.7. The van der Waals surface area contributed by atoms with E-state index in [2.05, 4.69) is 64.6 Å². The van der Waals surface area contributed by atoms with Crippen molar-refractivity contribution in [3.8, 4) is 0 Å². The molecule has 0 bridgehead atoms. The van der Waals surface area contributed by atoms with Crippen LogP contribution in [0.15, 0.2) is 16.7 Å². The van der Waals surface area contributed by atoms with Gasteiger partial charge in [-0.3, -0.25) is 4.68 Å². The standard InChI is InChI=1S/C15H23BrClN3/c1-15(2)8-11(7-12(17)9-15)14-13(16)10-18-20(14)6-5-19(3)4/h7,10,12H,5-6,8-9H2,1-4H3. The highest BCUT2D eigenvalue weighted by Gasteiger charge is 2.30. The van der Waals surface area contributed by atoms with Crippen molar-refractivity contribution in [2.24, 2.45) is 5.41 Å². The molecule has 0 aliphatic heterocycles. The largest absolute Gasteiger partial charge is 0.308 e. The molecule has 1 unspecified atom stereocenters. The Morgan fingerprint density at radius 1 is 1.50 bits per heavy atom. The van der Waals surface area contributed by atoms with Crippen molar-refractivity contribution in [2.45, 2.75) is 38.6 Å². The molecule has 0 amide bonds. The second-order valence-electron chi connectivity index (χ2n) is 6.62. The Labute approximate surface area is 135 Å². The van der Waals surface area contributed by atoms with Crippen LogP contribution in [-0.4, -0.2) is 40.7 Å². The van der Waals surface area contributed by atoms with Gasteiger partial charge in [-0.15, -0.1) is 11.6 Å². The molecular formula is C15H23BrClN3. The summed E-state index contributed by atoms with van der Waals surface area (Å²) in [6.45, 7) is 6.42. The first-order valence-electron chi connectivity index (χ1n) is 7.00. The van der Waals surface area contributed by atoms with Crippen LogP contribution in [0, 0.1) is 5.41 Å². The summed E-state index contributed by atoms with van der Waals surface area (Å²) in [4.78, 5) is 2.17. The van der Waals surface area contributed by atoms with Gasteiger partial charge >= 0.3 is 0 Å². The minimum atomic E-state index is 0.109. The third kappa shape index (κ3) is 3.86. The molecule has 5 heteroatoms. The van der Waals surface area contributed by atoms with Crippen LogP contribution in [0.2, 0.25) is 0 Å². The second kappa shape index (κ2) is 6.20. The fraction of sp³-hybridized carbons (Fsp3) is 0.667. The molecule has 1 aliphatic rings. The normalized spacial score (nSPS) is 22.1. The van der Waals surface area contributed by atoms with Gasteiger partial charge in [-0.25, -0.2) is 0 Å². The smallest absolute Gasteiger partial charge is 0.0782 e. The molecule has 20 heavy (non-hydrogen) atoms. The van der Waals surface area contributed by atoms with E-state index in [0.717, 1.165) is 30.4 Å². The van der Waals surface area contributed by atoms with Crippen molar-refractivity contribution in [3.63, 3.8) is 0 Å². The van der Waals surface area contributed by atoms with Gasteiger partial charge in [-0.05, 0) is 53.9 Å². The van der Waals surface area contributed by atoms with Crippen LogP contribution in [-0.2, 0) is 6.54 Å². The lowest BCUT2D eigenvalue weighted by Gasteiger charge is -2.32. The zero-order chi connectivity index (χ0) is 14.9. The minimum Gasteiger partial charge on any atom is -0.308 e. The Kier molecular flexibility index (Phi) is 4.98. The lowest BCUT2D eigenvalue weighted by atomic mass is 9.76. The summed E-state index contributed by atoms with van der Waals surface area (Å²) in [6.07, 6.45) is 6.15. The first kappa shape index (κ1) is 16.1. The molecule has 2 rings (SSSR count). The van der Waals surface area contributed by atoms with E-state index >= 15 is 0 Å². The van der Waals surface area contributed by atoms with Crippen LogP contribution >= 0.6 is 27.5 Å². The zero-order valence-corrected chi connectivity index (χ0v) is 15.0. The number of hydrogen-bond donors (Lipinski definition) is 0. The van der Waals surface area contributed by atoms with Gasteiger partial charge in [0.05, 0.1) is 28.3 Å². The maximum atomic E-state index is 6.42. The number of rotatable bonds is 4. The Hall–Kier alpha value is -0.320. The SMILES string of the molecule is CN(C)CCn1ncc(Br)c1C1=CC(Cl)CC(C)(C)C1. The van der Waals surface area contributed by atoms with E-state index in [1.54, 1.807) is 0 Å². The van der Waals surface area contributed by atoms with E-state index in [-0.39, 0.29) is 10.8 Å². The average molecular weight is 361 g/mol. The van der Waals surface area contributed by atoms with E-state index in [9.17, 15) is 0 Å². The molecule has 1 aromatic heterocycles. The van der Waals surface area contributed by atoms with E-state index in [4.69, 9.17) is 11.6 Å². The van der Waals surface area contributed by atoms with Crippen molar-refractivity contribution in [3.05, 3.63) is 22.4 Å². The van der Waals surface area contributed by atoms with Gasteiger partial charge in [-0.1, -0.05) is 19.9 Å². The fourth-order valence-corrected chi connectivity index (χ4v) is 3.88. The van der Waals surface area contributed by atoms with Gasteiger partial charge < -0.3 is 4.90 Å². The minimum absolute atomic E-state index is 0.109. The van der Waals surface area contributed by atoms with Crippen LogP contribution < -0.4 is 0 Å². The van der Waals surface area contributed by atoms with Crippen LogP contribution in [0.1, 0.15) is 32.4 Å². The molecule has 0 spiro atoms. The second-order valence-corrected chi connectivity index (χ2v) is 8.04. The van der Waals surface area contributed by atoms with E-state index in [1.165, 1.54) is 11.3 Å². The molecule has 1 aliphatic carbocycles. The van der Waals surface area contributed by atoms with E-state index in [0.29, 0.717) is 0 Å². The molecule has 0 aromatic carbocycles. The summed E-state index contributed by atoms with van der Waals surface area (Å²) in [5, 5.41) is 4.60. The van der Waals surface area contributed by atoms with Gasteiger partial charge in [0.15, 0.2) is 0 Å². The summed E-state index contributed by atoms with van der Waals surface area (Å²) in [6, 6.07) is 0. The van der Waals surface area contributed by atoms with Crippen LogP contribution in [0.4, 0.5) is 0 Å². The topological polar surface area (TPSA) is 21.1 Å². The van der Waals surface area contributed by atoms with Gasteiger partial charge in [0.25, 0.3) is 0 Å². The van der Waals surface area contributed by atoms with Gasteiger partial charge in [-0.2, -0.15) is 5.10 Å². The summed E-state index contributed by atoms with van der Waals surface area (Å²) < 4.78 is 3.14. The van der Waals surface area contributed by atoms with Crippen molar-refractivity contribution >= 4 is 33.1 Å². The Balaban J connectivity index is 2.30. The number of likely N-dealkylation sites (N-methyl/N-ethyl adjacent to an activating group) is 1. The molecular weight excluding hydrogens is 338 g/mol. The highest BCUT2D eigenvalue weighted by molar-refractivity contribution is 9.10. The lowest BCUT2D eigenvalue weighted by Crippen LogP contribution is -2.24. The van der Waals surface area contributed by atoms with Crippen molar-refractivity contribution in [2.75, 3.05) is 20.6 Å². The van der Waals surface area contributed by atoms with Gasteiger partial charge in [0, 0.05) is 6.54 Å². The molecule has 0 radical (unpaired) electrons. The average Bonchev–Trinajstić information content (AvgIpc) is 2.65. The highest BCUT2D eigenvalue weighted by Crippen LogP contribution is 2.42. The predicted molar refractivity (Wildman–Crippen MR) is 89.1 cm³/mol. The molecule has 0 saturated carbocycles. The van der Waals surface area contributed by atoms with Gasteiger partial charge in [0.1, 0.15) is 0 Å². The number of halogens is 2. The number of hydrogen-bond acceptors (Lipinski definition) is 2. The summed E-state index contributed by atoms with van der Waals surface area (Å²) in [7, 11) is 4.16. The summed E-state index contributed by atoms with van der Waals surface area (Å²) >= 11 is 10.1. The van der Waals surface area contributed by atoms with Gasteiger partial charge in [0.2, 0.25) is 0 Å². The highest BCUT2D eigenvalue weighted by atomic mass is 79.9. The molecule has 0 saturated heterocycles. The molecule has 0 fully saturated rings. The van der Waals surface area contributed by atoms with Crippen molar-refractivity contribution in [1.29, 1.82) is 0 Å². The summed E-state index contributed by atoms with van der Waals surface area (Å²) in [5.74, 6) is 0. The molecule has 0 N–H and O–H groups in total. The Morgan fingerprint density at radius 3 is 2.80 bits per heavy atom. The Bertz CT molecular complexity index is 505. The quantitative estimate of drug-likeness (QED) is 0.756.